The van der Waals surface area contributed by atoms with E-state index in [0.717, 1.165) is 5.69 Å². The van der Waals surface area contributed by atoms with Crippen LogP contribution < -0.4 is 10.2 Å². The van der Waals surface area contributed by atoms with Crippen molar-refractivity contribution in [3.05, 3.63) is 29.8 Å². The number of benzene rings is 1. The molecule has 18 heavy (non-hydrogen) atoms. The molecule has 1 rings (SSSR count). The second-order valence-corrected chi connectivity index (χ2v) is 5.96. The van der Waals surface area contributed by atoms with Crippen molar-refractivity contribution < 1.29 is 4.79 Å². The van der Waals surface area contributed by atoms with Gasteiger partial charge in [-0.05, 0) is 37.0 Å². The van der Waals surface area contributed by atoms with Gasteiger partial charge in [0.1, 0.15) is 0 Å². The minimum absolute atomic E-state index is 0.0755. The first-order valence-corrected chi connectivity index (χ1v) is 6.36. The maximum Gasteiger partial charge on any atom is 0.321 e. The summed E-state index contributed by atoms with van der Waals surface area (Å²) in [7, 11) is 1.78. The Balaban J connectivity index is 2.82. The fourth-order valence-corrected chi connectivity index (χ4v) is 1.65. The third-order valence-corrected chi connectivity index (χ3v) is 2.84. The van der Waals surface area contributed by atoms with Gasteiger partial charge in [-0.1, -0.05) is 32.9 Å². The number of nitrogens with one attached hydrogen (secondary N) is 1. The number of anilines is 1. The van der Waals surface area contributed by atoms with Gasteiger partial charge in [0.2, 0.25) is 0 Å². The number of urea groups is 1. The van der Waals surface area contributed by atoms with Crippen LogP contribution >= 0.6 is 0 Å². The standard InChI is InChI=1S/C15H24N2O/c1-11(2)16-14(18)17(6)13-9-7-12(8-10-13)15(3,4)5/h7-11H,1-6H3,(H,16,18). The molecular weight excluding hydrogens is 224 g/mol. The van der Waals surface area contributed by atoms with E-state index < -0.39 is 0 Å². The summed E-state index contributed by atoms with van der Waals surface area (Å²) in [5.41, 5.74) is 2.31. The Morgan fingerprint density at radius 3 is 2.06 bits per heavy atom. The summed E-state index contributed by atoms with van der Waals surface area (Å²) < 4.78 is 0. The molecule has 0 radical (unpaired) electrons. The number of hydrogen-bond donors (Lipinski definition) is 1. The van der Waals surface area contributed by atoms with Gasteiger partial charge < -0.3 is 5.32 Å². The van der Waals surface area contributed by atoms with Crippen molar-refractivity contribution in [1.82, 2.24) is 5.32 Å². The molecule has 0 aliphatic carbocycles. The van der Waals surface area contributed by atoms with Crippen LogP contribution in [0.3, 0.4) is 0 Å². The molecule has 1 aromatic carbocycles. The van der Waals surface area contributed by atoms with E-state index in [0.29, 0.717) is 0 Å². The van der Waals surface area contributed by atoms with E-state index in [1.807, 2.05) is 26.0 Å². The van der Waals surface area contributed by atoms with E-state index >= 15 is 0 Å². The second kappa shape index (κ2) is 5.42. The molecule has 0 atom stereocenters. The van der Waals surface area contributed by atoms with Gasteiger partial charge in [-0.3, -0.25) is 4.90 Å². The first kappa shape index (κ1) is 14.6. The molecule has 0 aliphatic rings. The molecule has 2 amide bonds. The lowest BCUT2D eigenvalue weighted by molar-refractivity contribution is 0.245. The molecule has 3 nitrogen and oxygen atoms in total. The fraction of sp³-hybridized carbons (Fsp3) is 0.533. The minimum atomic E-state index is -0.0755. The van der Waals surface area contributed by atoms with Crippen LogP contribution in [0.2, 0.25) is 0 Å². The van der Waals surface area contributed by atoms with Crippen LogP contribution in [0.5, 0.6) is 0 Å². The van der Waals surface area contributed by atoms with Crippen molar-refractivity contribution in [3.8, 4) is 0 Å². The Labute approximate surface area is 110 Å². The zero-order valence-corrected chi connectivity index (χ0v) is 12.2. The van der Waals surface area contributed by atoms with E-state index in [4.69, 9.17) is 0 Å². The highest BCUT2D eigenvalue weighted by molar-refractivity contribution is 5.91. The van der Waals surface area contributed by atoms with Crippen LogP contribution in [0.4, 0.5) is 10.5 Å². The van der Waals surface area contributed by atoms with Gasteiger partial charge in [-0.25, -0.2) is 4.79 Å². The van der Waals surface area contributed by atoms with Crippen molar-refractivity contribution >= 4 is 11.7 Å². The van der Waals surface area contributed by atoms with E-state index in [-0.39, 0.29) is 17.5 Å². The summed E-state index contributed by atoms with van der Waals surface area (Å²) in [6, 6.07) is 8.20. The highest BCUT2D eigenvalue weighted by Crippen LogP contribution is 2.24. The van der Waals surface area contributed by atoms with Crippen molar-refractivity contribution in [2.24, 2.45) is 0 Å². The van der Waals surface area contributed by atoms with Gasteiger partial charge in [-0.2, -0.15) is 0 Å². The smallest absolute Gasteiger partial charge is 0.321 e. The van der Waals surface area contributed by atoms with E-state index in [9.17, 15) is 4.79 Å². The highest BCUT2D eigenvalue weighted by atomic mass is 16.2. The van der Waals surface area contributed by atoms with E-state index in [2.05, 4.69) is 38.2 Å². The average molecular weight is 248 g/mol. The summed E-state index contributed by atoms with van der Waals surface area (Å²) in [5.74, 6) is 0. The number of nitrogens with zero attached hydrogens (tertiary/aromatic N) is 1. The zero-order valence-electron chi connectivity index (χ0n) is 12.2. The number of rotatable bonds is 2. The number of hydrogen-bond acceptors (Lipinski definition) is 1. The van der Waals surface area contributed by atoms with Crippen LogP contribution in [0, 0.1) is 0 Å². The molecule has 0 unspecified atom stereocenters. The minimum Gasteiger partial charge on any atom is -0.336 e. The maximum absolute atomic E-state index is 11.9. The summed E-state index contributed by atoms with van der Waals surface area (Å²) in [5, 5.41) is 2.87. The van der Waals surface area contributed by atoms with Crippen LogP contribution in [0.15, 0.2) is 24.3 Å². The molecule has 0 bridgehead atoms. The van der Waals surface area contributed by atoms with Crippen molar-refractivity contribution in [3.63, 3.8) is 0 Å². The highest BCUT2D eigenvalue weighted by Gasteiger charge is 2.15. The normalized spacial score (nSPS) is 11.5. The van der Waals surface area contributed by atoms with Crippen molar-refractivity contribution in [1.29, 1.82) is 0 Å². The van der Waals surface area contributed by atoms with Crippen LogP contribution in [0.25, 0.3) is 0 Å². The first-order valence-electron chi connectivity index (χ1n) is 6.36. The molecule has 0 aliphatic heterocycles. The van der Waals surface area contributed by atoms with Gasteiger partial charge in [0.25, 0.3) is 0 Å². The lowest BCUT2D eigenvalue weighted by Gasteiger charge is -2.22. The lowest BCUT2D eigenvalue weighted by atomic mass is 9.87. The van der Waals surface area contributed by atoms with Crippen LogP contribution in [0.1, 0.15) is 40.2 Å². The summed E-state index contributed by atoms with van der Waals surface area (Å²) in [6.07, 6.45) is 0. The molecule has 0 saturated carbocycles. The predicted octanol–water partition coefficient (Wildman–Crippen LogP) is 3.54. The van der Waals surface area contributed by atoms with Crippen molar-refractivity contribution in [2.75, 3.05) is 11.9 Å². The number of carbonyl (C=O) groups excluding carboxylic acids is 1. The van der Waals surface area contributed by atoms with Gasteiger partial charge in [-0.15, -0.1) is 0 Å². The van der Waals surface area contributed by atoms with Crippen LogP contribution in [-0.4, -0.2) is 19.1 Å². The fourth-order valence-electron chi connectivity index (χ4n) is 1.65. The monoisotopic (exact) mass is 248 g/mol. The first-order chi connectivity index (χ1) is 8.21. The van der Waals surface area contributed by atoms with E-state index in [1.54, 1.807) is 11.9 Å². The maximum atomic E-state index is 11.9. The molecule has 0 aromatic heterocycles. The SMILES string of the molecule is CC(C)NC(=O)N(C)c1ccc(C(C)(C)C)cc1. The predicted molar refractivity (Wildman–Crippen MR) is 77.2 cm³/mol. The van der Waals surface area contributed by atoms with Gasteiger partial charge >= 0.3 is 6.03 Å². The zero-order chi connectivity index (χ0) is 13.9. The molecule has 0 spiro atoms. The lowest BCUT2D eigenvalue weighted by Crippen LogP contribution is -2.40. The Bertz CT molecular complexity index is 401. The third-order valence-electron chi connectivity index (χ3n) is 2.84. The van der Waals surface area contributed by atoms with Crippen molar-refractivity contribution in [2.45, 2.75) is 46.1 Å². The van der Waals surface area contributed by atoms with Gasteiger partial charge in [0, 0.05) is 18.8 Å². The third kappa shape index (κ3) is 3.76. The molecule has 3 heteroatoms. The van der Waals surface area contributed by atoms with Gasteiger partial charge in [0.05, 0.1) is 0 Å². The summed E-state index contributed by atoms with van der Waals surface area (Å²) in [4.78, 5) is 13.5. The number of carbonyl (C=O) groups is 1. The molecule has 0 fully saturated rings. The Hall–Kier alpha value is -1.51. The van der Waals surface area contributed by atoms with Gasteiger partial charge in [0.15, 0.2) is 0 Å². The Morgan fingerprint density at radius 2 is 1.67 bits per heavy atom. The number of amides is 2. The average Bonchev–Trinajstić information content (AvgIpc) is 2.26. The van der Waals surface area contributed by atoms with Crippen LogP contribution in [-0.2, 0) is 5.41 Å². The summed E-state index contributed by atoms with van der Waals surface area (Å²) in [6.45, 7) is 10.4. The molecule has 0 saturated heterocycles. The van der Waals surface area contributed by atoms with E-state index in [1.165, 1.54) is 5.56 Å². The topological polar surface area (TPSA) is 32.3 Å². The molecular formula is C15H24N2O. The largest absolute Gasteiger partial charge is 0.336 e. The Kier molecular flexibility index (Phi) is 4.38. The Morgan fingerprint density at radius 1 is 1.17 bits per heavy atom. The summed E-state index contributed by atoms with van der Waals surface area (Å²) >= 11 is 0. The molecule has 0 heterocycles. The molecule has 100 valence electrons. The second-order valence-electron chi connectivity index (χ2n) is 5.96. The quantitative estimate of drug-likeness (QED) is 0.853. The molecule has 1 aromatic rings. The molecule has 1 N–H and O–H groups in total.